The van der Waals surface area contributed by atoms with E-state index in [0.29, 0.717) is 24.5 Å². The number of aromatic amines is 1. The van der Waals surface area contributed by atoms with Gasteiger partial charge in [0.15, 0.2) is 11.6 Å². The number of aromatic nitrogens is 3. The number of nitrogens with zero attached hydrogens (tertiary/aromatic N) is 3. The zero-order valence-electron chi connectivity index (χ0n) is 13.4. The van der Waals surface area contributed by atoms with E-state index in [-0.39, 0.29) is 25.0 Å². The highest BCUT2D eigenvalue weighted by Gasteiger charge is 2.32. The van der Waals surface area contributed by atoms with Crippen LogP contribution in [0.3, 0.4) is 0 Å². The van der Waals surface area contributed by atoms with Crippen molar-refractivity contribution in [1.29, 1.82) is 0 Å². The normalized spacial score (nSPS) is 17.1. The molecule has 1 aromatic heterocycles. The number of benzene rings is 1. The summed E-state index contributed by atoms with van der Waals surface area (Å²) >= 11 is 0. The molecule has 1 fully saturated rings. The number of rotatable bonds is 6. The van der Waals surface area contributed by atoms with Crippen LogP contribution in [0.15, 0.2) is 30.3 Å². The average molecular weight is 329 g/mol. The van der Waals surface area contributed by atoms with E-state index in [4.69, 9.17) is 4.74 Å². The SMILES string of the molecule is CN1C(=O)CC[C@H]1C(=O)NCc1n[nH]c(COc2ccccc2)n1. The van der Waals surface area contributed by atoms with Crippen LogP contribution in [-0.2, 0) is 22.7 Å². The Kier molecular flexibility index (Phi) is 4.74. The van der Waals surface area contributed by atoms with Crippen LogP contribution in [0.25, 0.3) is 0 Å². The zero-order valence-corrected chi connectivity index (χ0v) is 13.4. The molecule has 0 saturated carbocycles. The number of nitrogens with one attached hydrogen (secondary N) is 2. The number of hydrogen-bond donors (Lipinski definition) is 2. The molecule has 0 aliphatic carbocycles. The Labute approximate surface area is 139 Å². The van der Waals surface area contributed by atoms with Gasteiger partial charge in [0.25, 0.3) is 0 Å². The van der Waals surface area contributed by atoms with Crippen LogP contribution in [0.4, 0.5) is 0 Å². The first-order valence-electron chi connectivity index (χ1n) is 7.75. The molecule has 0 radical (unpaired) electrons. The lowest BCUT2D eigenvalue weighted by Crippen LogP contribution is -2.42. The van der Waals surface area contributed by atoms with Gasteiger partial charge in [0, 0.05) is 13.5 Å². The van der Waals surface area contributed by atoms with Gasteiger partial charge in [-0.15, -0.1) is 0 Å². The molecule has 24 heavy (non-hydrogen) atoms. The molecule has 8 heteroatoms. The second-order valence-electron chi connectivity index (χ2n) is 5.58. The average Bonchev–Trinajstić information content (AvgIpc) is 3.19. The molecule has 8 nitrogen and oxygen atoms in total. The van der Waals surface area contributed by atoms with E-state index < -0.39 is 6.04 Å². The maximum absolute atomic E-state index is 12.1. The monoisotopic (exact) mass is 329 g/mol. The van der Waals surface area contributed by atoms with Crippen LogP contribution >= 0.6 is 0 Å². The van der Waals surface area contributed by atoms with Gasteiger partial charge in [-0.25, -0.2) is 4.98 Å². The third-order valence-corrected chi connectivity index (χ3v) is 3.91. The fourth-order valence-electron chi connectivity index (χ4n) is 2.54. The van der Waals surface area contributed by atoms with E-state index in [9.17, 15) is 9.59 Å². The van der Waals surface area contributed by atoms with Crippen molar-refractivity contribution >= 4 is 11.8 Å². The lowest BCUT2D eigenvalue weighted by atomic mass is 10.2. The summed E-state index contributed by atoms with van der Waals surface area (Å²) in [5.41, 5.74) is 0. The number of ether oxygens (including phenoxy) is 1. The largest absolute Gasteiger partial charge is 0.486 e. The molecule has 0 bridgehead atoms. The molecule has 1 aromatic carbocycles. The standard InChI is InChI=1S/C16H19N5O3/c1-21-12(7-8-15(21)22)16(23)17-9-13-18-14(20-19-13)10-24-11-5-3-2-4-6-11/h2-6,12H,7-10H2,1H3,(H,17,23)(H,18,19,20)/t12-/m0/s1. The summed E-state index contributed by atoms with van der Waals surface area (Å²) in [7, 11) is 1.64. The number of para-hydroxylation sites is 1. The Morgan fingerprint density at radius 1 is 1.42 bits per heavy atom. The van der Waals surface area contributed by atoms with Gasteiger partial charge >= 0.3 is 0 Å². The number of likely N-dealkylation sites (N-methyl/N-ethyl adjacent to an activating group) is 1. The van der Waals surface area contributed by atoms with Gasteiger partial charge < -0.3 is 15.0 Å². The number of carbonyl (C=O) groups is 2. The van der Waals surface area contributed by atoms with Crippen molar-refractivity contribution < 1.29 is 14.3 Å². The topological polar surface area (TPSA) is 100 Å². The molecule has 2 N–H and O–H groups in total. The van der Waals surface area contributed by atoms with Crippen LogP contribution in [0, 0.1) is 0 Å². The molecule has 1 aliphatic heterocycles. The summed E-state index contributed by atoms with van der Waals surface area (Å²) in [4.78, 5) is 29.3. The second-order valence-corrected chi connectivity index (χ2v) is 5.58. The van der Waals surface area contributed by atoms with Gasteiger partial charge in [0.1, 0.15) is 18.4 Å². The van der Waals surface area contributed by atoms with Crippen LogP contribution in [0.5, 0.6) is 5.75 Å². The molecule has 1 atom stereocenters. The van der Waals surface area contributed by atoms with Crippen molar-refractivity contribution in [2.45, 2.75) is 32.0 Å². The molecular weight excluding hydrogens is 310 g/mol. The Morgan fingerprint density at radius 3 is 2.92 bits per heavy atom. The van der Waals surface area contributed by atoms with Crippen LogP contribution < -0.4 is 10.1 Å². The summed E-state index contributed by atoms with van der Waals surface area (Å²) < 4.78 is 5.57. The van der Waals surface area contributed by atoms with Gasteiger partial charge in [-0.2, -0.15) is 5.10 Å². The molecule has 0 spiro atoms. The van der Waals surface area contributed by atoms with Crippen LogP contribution in [0.1, 0.15) is 24.5 Å². The molecular formula is C16H19N5O3. The minimum Gasteiger partial charge on any atom is -0.486 e. The molecule has 2 amide bonds. The number of amides is 2. The maximum atomic E-state index is 12.1. The van der Waals surface area contributed by atoms with Crippen molar-refractivity contribution in [3.63, 3.8) is 0 Å². The van der Waals surface area contributed by atoms with E-state index in [2.05, 4.69) is 20.5 Å². The Balaban J connectivity index is 1.47. The fraction of sp³-hybridized carbons (Fsp3) is 0.375. The third-order valence-electron chi connectivity index (χ3n) is 3.91. The Morgan fingerprint density at radius 2 is 2.21 bits per heavy atom. The third kappa shape index (κ3) is 3.70. The van der Waals surface area contributed by atoms with Crippen LogP contribution in [-0.4, -0.2) is 45.0 Å². The first kappa shape index (κ1) is 16.0. The van der Waals surface area contributed by atoms with Gasteiger partial charge in [0.05, 0.1) is 6.54 Å². The van der Waals surface area contributed by atoms with Gasteiger partial charge in [-0.1, -0.05) is 18.2 Å². The Bertz CT molecular complexity index is 716. The summed E-state index contributed by atoms with van der Waals surface area (Å²) in [6, 6.07) is 9.01. The summed E-state index contributed by atoms with van der Waals surface area (Å²) in [6.07, 6.45) is 0.960. The lowest BCUT2D eigenvalue weighted by molar-refractivity contribution is -0.133. The molecule has 126 valence electrons. The highest BCUT2D eigenvalue weighted by atomic mass is 16.5. The minimum atomic E-state index is -0.405. The molecule has 1 aliphatic rings. The van der Waals surface area contributed by atoms with E-state index in [1.165, 1.54) is 4.90 Å². The first-order valence-corrected chi connectivity index (χ1v) is 7.75. The summed E-state index contributed by atoms with van der Waals surface area (Å²) in [6.45, 7) is 0.476. The fourth-order valence-corrected chi connectivity index (χ4v) is 2.54. The number of likely N-dealkylation sites (tertiary alicyclic amines) is 1. The molecule has 0 unspecified atom stereocenters. The van der Waals surface area contributed by atoms with E-state index in [1.807, 2.05) is 30.3 Å². The first-order chi connectivity index (χ1) is 11.6. The quantitative estimate of drug-likeness (QED) is 0.809. The van der Waals surface area contributed by atoms with Gasteiger partial charge in [-0.3, -0.25) is 14.7 Å². The van der Waals surface area contributed by atoms with Crippen molar-refractivity contribution in [2.75, 3.05) is 7.05 Å². The molecule has 1 saturated heterocycles. The highest BCUT2D eigenvalue weighted by molar-refractivity contribution is 5.90. The maximum Gasteiger partial charge on any atom is 0.243 e. The van der Waals surface area contributed by atoms with E-state index in [0.717, 1.165) is 5.75 Å². The van der Waals surface area contributed by atoms with Gasteiger partial charge in [0.2, 0.25) is 11.8 Å². The number of H-pyrrole nitrogens is 1. The Hall–Kier alpha value is -2.90. The minimum absolute atomic E-state index is 0.00612. The van der Waals surface area contributed by atoms with E-state index in [1.54, 1.807) is 7.05 Å². The summed E-state index contributed by atoms with van der Waals surface area (Å²) in [5, 5.41) is 9.59. The van der Waals surface area contributed by atoms with Crippen molar-refractivity contribution in [1.82, 2.24) is 25.4 Å². The second kappa shape index (κ2) is 7.12. The van der Waals surface area contributed by atoms with E-state index >= 15 is 0 Å². The van der Waals surface area contributed by atoms with Crippen molar-refractivity contribution in [2.24, 2.45) is 0 Å². The molecule has 2 aromatic rings. The smallest absolute Gasteiger partial charge is 0.243 e. The van der Waals surface area contributed by atoms with Gasteiger partial charge in [-0.05, 0) is 18.6 Å². The van der Waals surface area contributed by atoms with Crippen molar-refractivity contribution in [3.8, 4) is 5.75 Å². The molecule has 2 heterocycles. The number of carbonyl (C=O) groups excluding carboxylic acids is 2. The lowest BCUT2D eigenvalue weighted by Gasteiger charge is -2.18. The molecule has 3 rings (SSSR count). The van der Waals surface area contributed by atoms with Crippen LogP contribution in [0.2, 0.25) is 0 Å². The highest BCUT2D eigenvalue weighted by Crippen LogP contribution is 2.16. The predicted octanol–water partition coefficient (Wildman–Crippen LogP) is 0.621. The van der Waals surface area contributed by atoms with Crippen molar-refractivity contribution in [3.05, 3.63) is 42.0 Å². The number of hydrogen-bond acceptors (Lipinski definition) is 5. The zero-order chi connectivity index (χ0) is 16.9. The predicted molar refractivity (Wildman–Crippen MR) is 84.8 cm³/mol. The summed E-state index contributed by atoms with van der Waals surface area (Å²) in [5.74, 6) is 1.61.